The summed E-state index contributed by atoms with van der Waals surface area (Å²) in [5.41, 5.74) is 7.91. The molecule has 1 saturated heterocycles. The minimum absolute atomic E-state index is 0.0302. The molecule has 0 unspecified atom stereocenters. The minimum atomic E-state index is -0.493. The second-order valence-electron chi connectivity index (χ2n) is 7.01. The number of benzene rings is 2. The van der Waals surface area contributed by atoms with Crippen LogP contribution in [-0.4, -0.2) is 32.5 Å². The zero-order valence-corrected chi connectivity index (χ0v) is 19.0. The molecule has 1 fully saturated rings. The van der Waals surface area contributed by atoms with E-state index in [1.807, 2.05) is 30.3 Å². The van der Waals surface area contributed by atoms with E-state index in [9.17, 15) is 19.7 Å². The van der Waals surface area contributed by atoms with Crippen LogP contribution in [0.2, 0.25) is 0 Å². The lowest BCUT2D eigenvalue weighted by Gasteiger charge is -2.14. The molecule has 1 heterocycles. The molecule has 1 aliphatic heterocycles. The predicted octanol–water partition coefficient (Wildman–Crippen LogP) is 4.28. The van der Waals surface area contributed by atoms with Gasteiger partial charge in [-0.1, -0.05) is 55.2 Å². The molecule has 0 radical (unpaired) electrons. The van der Waals surface area contributed by atoms with E-state index in [4.69, 9.17) is 12.2 Å². The van der Waals surface area contributed by atoms with Crippen molar-refractivity contribution in [3.05, 3.63) is 74.7 Å². The first-order valence-corrected chi connectivity index (χ1v) is 11.2. The van der Waals surface area contributed by atoms with Gasteiger partial charge in [0, 0.05) is 25.1 Å². The van der Waals surface area contributed by atoms with Gasteiger partial charge in [-0.15, -0.1) is 0 Å². The molecule has 2 aromatic rings. The Kier molecular flexibility index (Phi) is 7.96. The van der Waals surface area contributed by atoms with Crippen molar-refractivity contribution in [3.63, 3.8) is 0 Å². The average molecular weight is 471 g/mol. The van der Waals surface area contributed by atoms with E-state index in [-0.39, 0.29) is 23.9 Å². The molecule has 0 aromatic heterocycles. The number of nitro benzene ring substituents is 1. The van der Waals surface area contributed by atoms with Crippen LogP contribution in [-0.2, 0) is 16.0 Å². The number of hydrazine groups is 1. The number of carbonyl (C=O) groups excluding carboxylic acids is 2. The number of nitro groups is 1. The van der Waals surface area contributed by atoms with Crippen LogP contribution in [0.4, 0.5) is 11.4 Å². The zero-order valence-electron chi connectivity index (χ0n) is 17.4. The number of anilines is 1. The lowest BCUT2D eigenvalue weighted by atomic mass is 10.1. The van der Waals surface area contributed by atoms with Gasteiger partial charge in [-0.3, -0.25) is 35.5 Å². The average Bonchev–Trinajstić information content (AvgIpc) is 3.05. The van der Waals surface area contributed by atoms with Crippen LogP contribution < -0.4 is 10.9 Å². The van der Waals surface area contributed by atoms with Crippen molar-refractivity contribution in [3.8, 4) is 0 Å². The van der Waals surface area contributed by atoms with Crippen molar-refractivity contribution in [1.29, 1.82) is 0 Å². The summed E-state index contributed by atoms with van der Waals surface area (Å²) in [6.45, 7) is 2.44. The van der Waals surface area contributed by atoms with Crippen LogP contribution in [0, 0.1) is 10.1 Å². The molecule has 0 bridgehead atoms. The largest absolute Gasteiger partial charge is 0.299 e. The lowest BCUT2D eigenvalue weighted by molar-refractivity contribution is -0.384. The standard InChI is InChI=1S/C22H22N4O4S2/c1-2-15-5-7-16(8-6-15)14-19-21(28)25(22(31)32-19)13-3-4-20(27)24-23-17-9-11-18(12-10-17)26(29)30/h5-12,14,23H,2-4,13H2,1H3,(H,24,27)/b19-14+. The number of thioether (sulfide) groups is 1. The van der Waals surface area contributed by atoms with Crippen molar-refractivity contribution < 1.29 is 14.5 Å². The quantitative estimate of drug-likeness (QED) is 0.244. The highest BCUT2D eigenvalue weighted by Gasteiger charge is 2.31. The number of thiocarbonyl (C=S) groups is 1. The van der Waals surface area contributed by atoms with Gasteiger partial charge in [-0.2, -0.15) is 0 Å². The number of aryl methyl sites for hydroxylation is 1. The number of rotatable bonds is 9. The zero-order chi connectivity index (χ0) is 23.1. The number of hydrogen-bond donors (Lipinski definition) is 2. The van der Waals surface area contributed by atoms with E-state index in [2.05, 4.69) is 17.8 Å². The Balaban J connectivity index is 1.46. The second-order valence-corrected chi connectivity index (χ2v) is 8.68. The molecule has 2 aromatic carbocycles. The monoisotopic (exact) mass is 470 g/mol. The van der Waals surface area contributed by atoms with Gasteiger partial charge >= 0.3 is 0 Å². The summed E-state index contributed by atoms with van der Waals surface area (Å²) in [5.74, 6) is -0.413. The molecule has 166 valence electrons. The summed E-state index contributed by atoms with van der Waals surface area (Å²) in [5, 5.41) is 10.7. The van der Waals surface area contributed by atoms with Crippen molar-refractivity contribution >= 4 is 57.6 Å². The van der Waals surface area contributed by atoms with Crippen LogP contribution in [0.5, 0.6) is 0 Å². The Labute approximate surface area is 195 Å². The highest BCUT2D eigenvalue weighted by molar-refractivity contribution is 8.26. The fourth-order valence-electron chi connectivity index (χ4n) is 2.96. The van der Waals surface area contributed by atoms with Crippen LogP contribution in [0.25, 0.3) is 6.08 Å². The van der Waals surface area contributed by atoms with Gasteiger partial charge in [0.2, 0.25) is 5.91 Å². The van der Waals surface area contributed by atoms with E-state index in [0.29, 0.717) is 27.9 Å². The Morgan fingerprint density at radius 3 is 2.50 bits per heavy atom. The van der Waals surface area contributed by atoms with Gasteiger partial charge in [0.25, 0.3) is 11.6 Å². The molecule has 10 heteroatoms. The normalized spacial score (nSPS) is 14.7. The first-order chi connectivity index (χ1) is 15.4. The fraction of sp³-hybridized carbons (Fsp3) is 0.227. The number of carbonyl (C=O) groups is 2. The highest BCUT2D eigenvalue weighted by atomic mass is 32.2. The third-order valence-corrected chi connectivity index (χ3v) is 6.15. The predicted molar refractivity (Wildman–Crippen MR) is 130 cm³/mol. The Morgan fingerprint density at radius 2 is 1.88 bits per heavy atom. The molecule has 0 spiro atoms. The van der Waals surface area contributed by atoms with Gasteiger partial charge in [0.1, 0.15) is 4.32 Å². The van der Waals surface area contributed by atoms with Gasteiger partial charge in [-0.25, -0.2) is 0 Å². The number of nitrogens with one attached hydrogen (secondary N) is 2. The SMILES string of the molecule is CCc1ccc(/C=C2/SC(=S)N(CCCC(=O)NNc3ccc([N+](=O)[O-])cc3)C2=O)cc1. The van der Waals surface area contributed by atoms with Crippen LogP contribution >= 0.6 is 24.0 Å². The minimum Gasteiger partial charge on any atom is -0.299 e. The fourth-order valence-corrected chi connectivity index (χ4v) is 4.27. The number of hydrogen-bond acceptors (Lipinski definition) is 7. The number of non-ortho nitro benzene ring substituents is 1. The Bertz CT molecular complexity index is 1050. The van der Waals surface area contributed by atoms with Crippen molar-refractivity contribution in [2.45, 2.75) is 26.2 Å². The molecule has 0 saturated carbocycles. The molecule has 32 heavy (non-hydrogen) atoms. The molecule has 0 atom stereocenters. The Morgan fingerprint density at radius 1 is 1.19 bits per heavy atom. The molecule has 2 amide bonds. The summed E-state index contributed by atoms with van der Waals surface area (Å²) in [6, 6.07) is 13.7. The first-order valence-electron chi connectivity index (χ1n) is 10.0. The van der Waals surface area contributed by atoms with Gasteiger partial charge < -0.3 is 0 Å². The maximum atomic E-state index is 12.7. The summed E-state index contributed by atoms with van der Waals surface area (Å²) in [7, 11) is 0. The number of amides is 2. The maximum Gasteiger partial charge on any atom is 0.269 e. The van der Waals surface area contributed by atoms with Crippen LogP contribution in [0.15, 0.2) is 53.4 Å². The van der Waals surface area contributed by atoms with E-state index in [1.165, 1.54) is 46.5 Å². The van der Waals surface area contributed by atoms with Crippen LogP contribution in [0.3, 0.4) is 0 Å². The van der Waals surface area contributed by atoms with E-state index >= 15 is 0 Å². The molecule has 0 aliphatic carbocycles. The summed E-state index contributed by atoms with van der Waals surface area (Å²) in [6.07, 6.45) is 3.42. The van der Waals surface area contributed by atoms with Gasteiger partial charge in [-0.05, 0) is 42.2 Å². The smallest absolute Gasteiger partial charge is 0.269 e. The van der Waals surface area contributed by atoms with Gasteiger partial charge in [0.05, 0.1) is 15.5 Å². The first kappa shape index (κ1) is 23.4. The highest BCUT2D eigenvalue weighted by Crippen LogP contribution is 2.32. The molecule has 3 rings (SSSR count). The molecule has 8 nitrogen and oxygen atoms in total. The Hall–Kier alpha value is -3.24. The van der Waals surface area contributed by atoms with Crippen molar-refractivity contribution in [2.24, 2.45) is 0 Å². The molecule has 2 N–H and O–H groups in total. The van der Waals surface area contributed by atoms with Crippen LogP contribution in [0.1, 0.15) is 30.9 Å². The van der Waals surface area contributed by atoms with E-state index in [0.717, 1.165) is 12.0 Å². The van der Waals surface area contributed by atoms with E-state index in [1.54, 1.807) is 0 Å². The second kappa shape index (κ2) is 10.9. The van der Waals surface area contributed by atoms with Crippen molar-refractivity contribution in [1.82, 2.24) is 10.3 Å². The van der Waals surface area contributed by atoms with E-state index < -0.39 is 4.92 Å². The lowest BCUT2D eigenvalue weighted by Crippen LogP contribution is -2.32. The van der Waals surface area contributed by atoms with Crippen molar-refractivity contribution in [2.75, 3.05) is 12.0 Å². The maximum absolute atomic E-state index is 12.7. The summed E-state index contributed by atoms with van der Waals surface area (Å²) >= 11 is 6.60. The number of nitrogens with zero attached hydrogens (tertiary/aromatic N) is 2. The molecule has 1 aliphatic rings. The summed E-state index contributed by atoms with van der Waals surface area (Å²) in [4.78, 5) is 37.0. The van der Waals surface area contributed by atoms with Gasteiger partial charge in [0.15, 0.2) is 0 Å². The topological polar surface area (TPSA) is 105 Å². The molecular weight excluding hydrogens is 448 g/mol. The summed E-state index contributed by atoms with van der Waals surface area (Å²) < 4.78 is 0.482. The third-order valence-electron chi connectivity index (χ3n) is 4.77. The molecular formula is C22H22N4O4S2. The third kappa shape index (κ3) is 6.14.